The summed E-state index contributed by atoms with van der Waals surface area (Å²) >= 11 is 0. The van der Waals surface area contributed by atoms with E-state index in [1.54, 1.807) is 0 Å². The smallest absolute Gasteiger partial charge is 0.160 e. The number of fused-ring (bicyclic) bond motifs is 3. The van der Waals surface area contributed by atoms with Crippen LogP contribution in [-0.2, 0) is 13.0 Å². The highest BCUT2D eigenvalue weighted by Gasteiger charge is 2.22. The first-order chi connectivity index (χ1) is 7.72. The SMILES string of the molecule is O=Cc1c2n(c3cc(F)c(F)cc13)CCC2. The molecule has 0 saturated heterocycles. The van der Waals surface area contributed by atoms with E-state index in [0.29, 0.717) is 16.5 Å². The van der Waals surface area contributed by atoms with Gasteiger partial charge in [-0.05, 0) is 18.9 Å². The molecule has 0 unspecified atom stereocenters. The van der Waals surface area contributed by atoms with Crippen molar-refractivity contribution in [2.75, 3.05) is 0 Å². The molecule has 0 spiro atoms. The minimum Gasteiger partial charge on any atom is -0.344 e. The molecule has 0 radical (unpaired) electrons. The molecule has 1 aliphatic heterocycles. The van der Waals surface area contributed by atoms with E-state index >= 15 is 0 Å². The quantitative estimate of drug-likeness (QED) is 0.678. The van der Waals surface area contributed by atoms with Crippen LogP contribution in [0.25, 0.3) is 10.9 Å². The first kappa shape index (κ1) is 9.51. The maximum atomic E-state index is 13.2. The standard InChI is InChI=1S/C12H9F2NO/c13-9-4-7-8(6-16)11-2-1-3-15(11)12(7)5-10(9)14/h4-6H,1-3H2. The van der Waals surface area contributed by atoms with Gasteiger partial charge in [-0.15, -0.1) is 0 Å². The number of halogens is 2. The van der Waals surface area contributed by atoms with E-state index in [1.807, 2.05) is 4.57 Å². The lowest BCUT2D eigenvalue weighted by Gasteiger charge is -2.00. The van der Waals surface area contributed by atoms with Crippen LogP contribution in [0.15, 0.2) is 12.1 Å². The van der Waals surface area contributed by atoms with Crippen LogP contribution in [0.2, 0.25) is 0 Å². The van der Waals surface area contributed by atoms with Crippen LogP contribution in [0, 0.1) is 11.6 Å². The molecular formula is C12H9F2NO. The Kier molecular flexibility index (Phi) is 1.87. The fourth-order valence-electron chi connectivity index (χ4n) is 2.48. The molecule has 0 N–H and O–H groups in total. The maximum absolute atomic E-state index is 13.2. The van der Waals surface area contributed by atoms with Crippen LogP contribution in [0.5, 0.6) is 0 Å². The summed E-state index contributed by atoms with van der Waals surface area (Å²) in [6.07, 6.45) is 2.48. The summed E-state index contributed by atoms with van der Waals surface area (Å²) in [7, 11) is 0. The van der Waals surface area contributed by atoms with Crippen molar-refractivity contribution < 1.29 is 13.6 Å². The number of aldehydes is 1. The van der Waals surface area contributed by atoms with Crippen LogP contribution >= 0.6 is 0 Å². The zero-order chi connectivity index (χ0) is 11.3. The summed E-state index contributed by atoms with van der Waals surface area (Å²) in [6.45, 7) is 0.769. The molecule has 0 bridgehead atoms. The summed E-state index contributed by atoms with van der Waals surface area (Å²) in [5.41, 5.74) is 2.02. The average molecular weight is 221 g/mol. The molecule has 82 valence electrons. The molecule has 0 amide bonds. The second kappa shape index (κ2) is 3.14. The Balaban J connectivity index is 2.46. The highest BCUT2D eigenvalue weighted by Crippen LogP contribution is 2.31. The summed E-state index contributed by atoms with van der Waals surface area (Å²) in [5, 5.41) is 0.517. The minimum absolute atomic E-state index is 0.506. The number of aryl methyl sites for hydroxylation is 1. The number of carbonyl (C=O) groups excluding carboxylic acids is 1. The van der Waals surface area contributed by atoms with Gasteiger partial charge in [0.2, 0.25) is 0 Å². The molecule has 2 nitrogen and oxygen atoms in total. The molecule has 1 aliphatic rings. The van der Waals surface area contributed by atoms with Crippen LogP contribution in [0.4, 0.5) is 8.78 Å². The summed E-state index contributed by atoms with van der Waals surface area (Å²) in [6, 6.07) is 2.28. The van der Waals surface area contributed by atoms with E-state index in [-0.39, 0.29) is 0 Å². The molecule has 0 fully saturated rings. The van der Waals surface area contributed by atoms with Gasteiger partial charge in [0.15, 0.2) is 17.9 Å². The van der Waals surface area contributed by atoms with Crippen LogP contribution in [-0.4, -0.2) is 10.9 Å². The van der Waals surface area contributed by atoms with E-state index in [1.165, 1.54) is 6.07 Å². The Morgan fingerprint density at radius 3 is 2.75 bits per heavy atom. The van der Waals surface area contributed by atoms with Crippen molar-refractivity contribution in [1.29, 1.82) is 0 Å². The van der Waals surface area contributed by atoms with E-state index in [2.05, 4.69) is 0 Å². The number of hydrogen-bond acceptors (Lipinski definition) is 1. The van der Waals surface area contributed by atoms with Gasteiger partial charge in [-0.3, -0.25) is 4.79 Å². The lowest BCUT2D eigenvalue weighted by atomic mass is 10.1. The number of aromatic nitrogens is 1. The molecule has 1 aromatic carbocycles. The van der Waals surface area contributed by atoms with E-state index in [4.69, 9.17) is 0 Å². The van der Waals surface area contributed by atoms with Crippen molar-refractivity contribution in [3.63, 3.8) is 0 Å². The molecule has 16 heavy (non-hydrogen) atoms. The van der Waals surface area contributed by atoms with Gasteiger partial charge in [0.25, 0.3) is 0 Å². The highest BCUT2D eigenvalue weighted by molar-refractivity contribution is 5.99. The summed E-state index contributed by atoms with van der Waals surface area (Å²) < 4.78 is 28.2. The van der Waals surface area contributed by atoms with Gasteiger partial charge < -0.3 is 4.57 Å². The second-order valence-corrected chi connectivity index (χ2v) is 4.02. The lowest BCUT2D eigenvalue weighted by Crippen LogP contribution is -1.92. The highest BCUT2D eigenvalue weighted by atomic mass is 19.2. The fourth-order valence-corrected chi connectivity index (χ4v) is 2.48. The van der Waals surface area contributed by atoms with Gasteiger partial charge >= 0.3 is 0 Å². The number of nitrogens with zero attached hydrogens (tertiary/aromatic N) is 1. The van der Waals surface area contributed by atoms with Gasteiger partial charge in [0.05, 0.1) is 5.52 Å². The minimum atomic E-state index is -0.903. The monoisotopic (exact) mass is 221 g/mol. The van der Waals surface area contributed by atoms with Crippen molar-refractivity contribution in [2.24, 2.45) is 0 Å². The van der Waals surface area contributed by atoms with E-state index < -0.39 is 11.6 Å². The Hall–Kier alpha value is -1.71. The summed E-state index contributed by atoms with van der Waals surface area (Å²) in [5.74, 6) is -1.77. The third-order valence-electron chi connectivity index (χ3n) is 3.17. The molecule has 3 rings (SSSR count). The fraction of sp³-hybridized carbons (Fsp3) is 0.250. The molecular weight excluding hydrogens is 212 g/mol. The van der Waals surface area contributed by atoms with Crippen LogP contribution in [0.1, 0.15) is 22.5 Å². The molecule has 1 aromatic heterocycles. The first-order valence-electron chi connectivity index (χ1n) is 5.17. The zero-order valence-electron chi connectivity index (χ0n) is 8.46. The molecule has 4 heteroatoms. The van der Waals surface area contributed by atoms with Gasteiger partial charge in [-0.1, -0.05) is 0 Å². The third kappa shape index (κ3) is 1.07. The largest absolute Gasteiger partial charge is 0.344 e. The van der Waals surface area contributed by atoms with Crippen LogP contribution in [0.3, 0.4) is 0 Å². The zero-order valence-corrected chi connectivity index (χ0v) is 8.46. The predicted molar refractivity (Wildman–Crippen MR) is 55.6 cm³/mol. The van der Waals surface area contributed by atoms with Gasteiger partial charge in [0, 0.05) is 29.3 Å². The van der Waals surface area contributed by atoms with Crippen molar-refractivity contribution in [2.45, 2.75) is 19.4 Å². The maximum Gasteiger partial charge on any atom is 0.160 e. The van der Waals surface area contributed by atoms with Gasteiger partial charge in [-0.25, -0.2) is 8.78 Å². The Labute approximate surface area is 90.5 Å². The third-order valence-corrected chi connectivity index (χ3v) is 3.17. The van der Waals surface area contributed by atoms with Crippen molar-refractivity contribution in [1.82, 2.24) is 4.57 Å². The Morgan fingerprint density at radius 2 is 2.00 bits per heavy atom. The molecule has 0 atom stereocenters. The van der Waals surface area contributed by atoms with Crippen molar-refractivity contribution in [3.8, 4) is 0 Å². The van der Waals surface area contributed by atoms with E-state index in [0.717, 1.165) is 37.4 Å². The van der Waals surface area contributed by atoms with Crippen molar-refractivity contribution >= 4 is 17.2 Å². The Morgan fingerprint density at radius 1 is 1.25 bits per heavy atom. The number of rotatable bonds is 1. The lowest BCUT2D eigenvalue weighted by molar-refractivity contribution is 0.112. The average Bonchev–Trinajstić information content (AvgIpc) is 2.80. The summed E-state index contributed by atoms with van der Waals surface area (Å²) in [4.78, 5) is 11.0. The molecule has 0 saturated carbocycles. The number of hydrogen-bond donors (Lipinski definition) is 0. The Bertz CT molecular complexity index is 601. The molecule has 0 aliphatic carbocycles. The molecule has 2 aromatic rings. The first-order valence-corrected chi connectivity index (χ1v) is 5.17. The second-order valence-electron chi connectivity index (χ2n) is 4.02. The van der Waals surface area contributed by atoms with Crippen LogP contribution < -0.4 is 0 Å². The normalized spacial score (nSPS) is 14.4. The van der Waals surface area contributed by atoms with Gasteiger partial charge in [-0.2, -0.15) is 0 Å². The van der Waals surface area contributed by atoms with Gasteiger partial charge in [0.1, 0.15) is 0 Å². The predicted octanol–water partition coefficient (Wildman–Crippen LogP) is 2.68. The van der Waals surface area contributed by atoms with Crippen molar-refractivity contribution in [3.05, 3.63) is 35.0 Å². The molecule has 2 heterocycles. The number of carbonyl (C=O) groups is 1. The number of benzene rings is 1. The topological polar surface area (TPSA) is 22.0 Å². The van der Waals surface area contributed by atoms with E-state index in [9.17, 15) is 13.6 Å².